The largest absolute Gasteiger partial charge is 0.313 e. The van der Waals surface area contributed by atoms with E-state index in [1.54, 1.807) is 6.92 Å². The minimum atomic E-state index is -3.62. The lowest BCUT2D eigenvalue weighted by molar-refractivity contribution is 0.550. The van der Waals surface area contributed by atoms with E-state index < -0.39 is 15.8 Å². The molecule has 0 saturated carbocycles. The van der Waals surface area contributed by atoms with Gasteiger partial charge < -0.3 is 5.32 Å². The first-order chi connectivity index (χ1) is 8.49. The second-order valence-electron chi connectivity index (χ2n) is 4.56. The molecule has 0 bridgehead atoms. The van der Waals surface area contributed by atoms with Crippen LogP contribution in [-0.2, 0) is 10.0 Å². The quantitative estimate of drug-likeness (QED) is 0.888. The summed E-state index contributed by atoms with van der Waals surface area (Å²) in [7, 11) is -3.62. The van der Waals surface area contributed by atoms with Gasteiger partial charge in [-0.25, -0.2) is 17.5 Å². The van der Waals surface area contributed by atoms with Gasteiger partial charge in [-0.15, -0.1) is 12.4 Å². The molecule has 7 heteroatoms. The summed E-state index contributed by atoms with van der Waals surface area (Å²) in [6.45, 7) is 2.87. The molecule has 0 radical (unpaired) electrons. The third-order valence-corrected chi connectivity index (χ3v) is 4.56. The molecule has 1 aromatic carbocycles. The highest BCUT2D eigenvalue weighted by molar-refractivity contribution is 7.89. The number of rotatable bonds is 4. The van der Waals surface area contributed by atoms with Crippen LogP contribution in [0.25, 0.3) is 0 Å². The van der Waals surface area contributed by atoms with E-state index in [1.165, 1.54) is 12.1 Å². The molecule has 0 amide bonds. The molecule has 1 fully saturated rings. The van der Waals surface area contributed by atoms with Crippen molar-refractivity contribution in [1.82, 2.24) is 10.0 Å². The lowest BCUT2D eigenvalue weighted by atomic mass is 10.2. The lowest BCUT2D eigenvalue weighted by Crippen LogP contribution is -2.37. The van der Waals surface area contributed by atoms with Crippen molar-refractivity contribution in [2.75, 3.05) is 13.1 Å². The van der Waals surface area contributed by atoms with Gasteiger partial charge in [0.05, 0.1) is 4.90 Å². The maximum Gasteiger partial charge on any atom is 0.240 e. The van der Waals surface area contributed by atoms with Crippen molar-refractivity contribution in [3.05, 3.63) is 29.6 Å². The fraction of sp³-hybridized carbons (Fsp3) is 0.500. The third-order valence-electron chi connectivity index (χ3n) is 3.14. The van der Waals surface area contributed by atoms with Gasteiger partial charge in [0.25, 0.3) is 0 Å². The summed E-state index contributed by atoms with van der Waals surface area (Å²) in [5.41, 5.74) is 0.436. The second-order valence-corrected chi connectivity index (χ2v) is 6.32. The Kier molecular flexibility index (Phi) is 5.73. The van der Waals surface area contributed by atoms with Gasteiger partial charge in [-0.1, -0.05) is 6.07 Å². The summed E-state index contributed by atoms with van der Waals surface area (Å²) in [4.78, 5) is -0.0244. The van der Waals surface area contributed by atoms with E-state index in [0.29, 0.717) is 12.1 Å². The predicted molar refractivity (Wildman–Crippen MR) is 74.6 cm³/mol. The van der Waals surface area contributed by atoms with E-state index in [2.05, 4.69) is 10.0 Å². The Labute approximate surface area is 119 Å². The van der Waals surface area contributed by atoms with E-state index >= 15 is 0 Å². The van der Waals surface area contributed by atoms with Gasteiger partial charge in [0.2, 0.25) is 10.0 Å². The summed E-state index contributed by atoms with van der Waals surface area (Å²) in [5, 5.41) is 3.20. The van der Waals surface area contributed by atoms with Crippen molar-refractivity contribution in [1.29, 1.82) is 0 Å². The minimum absolute atomic E-state index is 0. The number of halogens is 2. The van der Waals surface area contributed by atoms with Crippen LogP contribution in [0.15, 0.2) is 23.1 Å². The van der Waals surface area contributed by atoms with Crippen molar-refractivity contribution < 1.29 is 12.8 Å². The van der Waals surface area contributed by atoms with Gasteiger partial charge in [0, 0.05) is 12.6 Å². The highest BCUT2D eigenvalue weighted by Crippen LogP contribution is 2.14. The van der Waals surface area contributed by atoms with Gasteiger partial charge in [-0.05, 0) is 44.0 Å². The lowest BCUT2D eigenvalue weighted by Gasteiger charge is -2.12. The summed E-state index contributed by atoms with van der Waals surface area (Å²) in [5.74, 6) is -0.503. The molecule has 2 N–H and O–H groups in total. The van der Waals surface area contributed by atoms with E-state index in [-0.39, 0.29) is 23.3 Å². The molecule has 0 aromatic heterocycles. The zero-order chi connectivity index (χ0) is 13.2. The molecular formula is C12H18ClFN2O2S. The molecular weight excluding hydrogens is 291 g/mol. The van der Waals surface area contributed by atoms with E-state index in [1.807, 2.05) is 0 Å². The van der Waals surface area contributed by atoms with Gasteiger partial charge in [0.15, 0.2) is 0 Å². The summed E-state index contributed by atoms with van der Waals surface area (Å²) in [6, 6.07) is 4.12. The number of hydrogen-bond donors (Lipinski definition) is 2. The molecule has 0 aliphatic carbocycles. The third kappa shape index (κ3) is 4.14. The highest BCUT2D eigenvalue weighted by Gasteiger charge is 2.19. The van der Waals surface area contributed by atoms with Gasteiger partial charge >= 0.3 is 0 Å². The zero-order valence-corrected chi connectivity index (χ0v) is 12.3. The van der Waals surface area contributed by atoms with Crippen LogP contribution in [0.5, 0.6) is 0 Å². The van der Waals surface area contributed by atoms with Crippen molar-refractivity contribution in [2.45, 2.75) is 30.7 Å². The number of nitrogens with one attached hydrogen (secondary N) is 2. The Hall–Kier alpha value is -0.690. The SMILES string of the molecule is Cc1ccc(S(=O)(=O)NCC2CCCN2)cc1F.Cl. The molecule has 1 heterocycles. The number of sulfonamides is 1. The second kappa shape index (κ2) is 6.65. The molecule has 19 heavy (non-hydrogen) atoms. The Bertz CT molecular complexity index is 531. The maximum atomic E-state index is 13.3. The monoisotopic (exact) mass is 308 g/mol. The average Bonchev–Trinajstić information content (AvgIpc) is 2.83. The zero-order valence-electron chi connectivity index (χ0n) is 10.6. The molecule has 4 nitrogen and oxygen atoms in total. The molecule has 1 saturated heterocycles. The summed E-state index contributed by atoms with van der Waals surface area (Å²) >= 11 is 0. The predicted octanol–water partition coefficient (Wildman–Crippen LogP) is 1.59. The fourth-order valence-electron chi connectivity index (χ4n) is 1.97. The maximum absolute atomic E-state index is 13.3. The molecule has 2 rings (SSSR count). The Balaban J connectivity index is 0.00000180. The molecule has 108 valence electrons. The Morgan fingerprint density at radius 1 is 1.47 bits per heavy atom. The Morgan fingerprint density at radius 2 is 2.21 bits per heavy atom. The molecule has 1 atom stereocenters. The average molecular weight is 309 g/mol. The van der Waals surface area contributed by atoms with Gasteiger partial charge in [-0.3, -0.25) is 0 Å². The van der Waals surface area contributed by atoms with E-state index in [0.717, 1.165) is 25.5 Å². The van der Waals surface area contributed by atoms with Gasteiger partial charge in [0.1, 0.15) is 5.82 Å². The fourth-order valence-corrected chi connectivity index (χ4v) is 3.06. The van der Waals surface area contributed by atoms with Crippen molar-refractivity contribution in [3.8, 4) is 0 Å². The van der Waals surface area contributed by atoms with Crippen LogP contribution in [0, 0.1) is 12.7 Å². The van der Waals surface area contributed by atoms with Gasteiger partial charge in [-0.2, -0.15) is 0 Å². The molecule has 0 spiro atoms. The molecule has 1 aliphatic heterocycles. The van der Waals surface area contributed by atoms with Crippen LogP contribution in [0.2, 0.25) is 0 Å². The van der Waals surface area contributed by atoms with Crippen LogP contribution >= 0.6 is 12.4 Å². The van der Waals surface area contributed by atoms with Crippen LogP contribution in [0.4, 0.5) is 4.39 Å². The number of benzene rings is 1. The summed E-state index contributed by atoms with van der Waals surface area (Å²) in [6.07, 6.45) is 2.02. The highest BCUT2D eigenvalue weighted by atomic mass is 35.5. The standard InChI is InChI=1S/C12H17FN2O2S.ClH/c1-9-4-5-11(7-12(9)13)18(16,17)15-8-10-3-2-6-14-10;/h4-5,7,10,14-15H,2-3,6,8H2,1H3;1H. The van der Waals surface area contributed by atoms with Crippen LogP contribution in [-0.4, -0.2) is 27.5 Å². The van der Waals surface area contributed by atoms with Crippen molar-refractivity contribution in [3.63, 3.8) is 0 Å². The first kappa shape index (κ1) is 16.4. The van der Waals surface area contributed by atoms with Crippen LogP contribution in [0.3, 0.4) is 0 Å². The Morgan fingerprint density at radius 3 is 2.79 bits per heavy atom. The number of aryl methyl sites for hydroxylation is 1. The molecule has 1 unspecified atom stereocenters. The van der Waals surface area contributed by atoms with Crippen LogP contribution in [0.1, 0.15) is 18.4 Å². The molecule has 1 aromatic rings. The smallest absolute Gasteiger partial charge is 0.240 e. The minimum Gasteiger partial charge on any atom is -0.313 e. The van der Waals surface area contributed by atoms with Crippen molar-refractivity contribution >= 4 is 22.4 Å². The normalized spacial score (nSPS) is 19.2. The topological polar surface area (TPSA) is 58.2 Å². The first-order valence-corrected chi connectivity index (χ1v) is 7.46. The summed E-state index contributed by atoms with van der Waals surface area (Å²) < 4.78 is 39.7. The van der Waals surface area contributed by atoms with E-state index in [9.17, 15) is 12.8 Å². The van der Waals surface area contributed by atoms with E-state index in [4.69, 9.17) is 0 Å². The molecule has 1 aliphatic rings. The first-order valence-electron chi connectivity index (χ1n) is 5.98. The van der Waals surface area contributed by atoms with Crippen LogP contribution < -0.4 is 10.0 Å². The number of hydrogen-bond acceptors (Lipinski definition) is 3. The van der Waals surface area contributed by atoms with Crippen molar-refractivity contribution in [2.24, 2.45) is 0 Å².